The van der Waals surface area contributed by atoms with Gasteiger partial charge >= 0.3 is 265 Å². The summed E-state index contributed by atoms with van der Waals surface area (Å²) in [5, 5.41) is 0. The minimum atomic E-state index is -4.13. The Morgan fingerprint density at radius 2 is 1.02 bits per heavy atom. The van der Waals surface area contributed by atoms with E-state index in [2.05, 4.69) is 0 Å². The molecule has 0 bridgehead atoms. The van der Waals surface area contributed by atoms with E-state index in [1.165, 1.54) is 34.8 Å². The average Bonchev–Trinajstić information content (AvgIpc) is 3.48. The van der Waals surface area contributed by atoms with Gasteiger partial charge in [0.2, 0.25) is 0 Å². The molecule has 44 heavy (non-hydrogen) atoms. The van der Waals surface area contributed by atoms with Gasteiger partial charge in [0.05, 0.1) is 0 Å². The number of hydrogen-bond donors (Lipinski definition) is 0. The van der Waals surface area contributed by atoms with Crippen molar-refractivity contribution in [1.29, 1.82) is 0 Å². The number of nitrogens with zero attached hydrogens (tertiary/aromatic N) is 4. The third-order valence-electron chi connectivity index (χ3n) is 7.69. The van der Waals surface area contributed by atoms with E-state index in [9.17, 15) is 25.1 Å². The van der Waals surface area contributed by atoms with Gasteiger partial charge in [-0.25, -0.2) is 0 Å². The van der Waals surface area contributed by atoms with Gasteiger partial charge < -0.3 is 0 Å². The fourth-order valence-electron chi connectivity index (χ4n) is 6.56. The maximum absolute atomic E-state index is 15.0. The van der Waals surface area contributed by atoms with Crippen LogP contribution in [0.4, 0.5) is 16.4 Å². The number of rotatable bonds is 8. The Bertz CT molecular complexity index is 1320. The van der Waals surface area contributed by atoms with Crippen LogP contribution in [-0.4, -0.2) is 141 Å². The number of sulfonamides is 2. The molecule has 10 nitrogen and oxygen atoms in total. The molecule has 20 heteroatoms. The van der Waals surface area contributed by atoms with Crippen LogP contribution in [0.2, 0.25) is 52.4 Å². The van der Waals surface area contributed by atoms with Crippen LogP contribution in [0.3, 0.4) is 0 Å². The van der Waals surface area contributed by atoms with E-state index in [0.717, 1.165) is 12.5 Å². The van der Waals surface area contributed by atoms with Crippen molar-refractivity contribution in [2.45, 2.75) is 90.1 Å². The molecule has 2 saturated heterocycles. The fourth-order valence-corrected chi connectivity index (χ4v) is 16.2. The predicted octanol–water partition coefficient (Wildman–Crippen LogP) is 3.46. The molecule has 4 aliphatic rings. The van der Waals surface area contributed by atoms with Crippen molar-refractivity contribution in [3.05, 3.63) is 0 Å². The molecule has 0 unspecified atom stereocenters. The third kappa shape index (κ3) is 10.2. The van der Waals surface area contributed by atoms with Gasteiger partial charge in [-0.2, -0.15) is 0 Å². The van der Waals surface area contributed by atoms with Crippen molar-refractivity contribution in [2.75, 3.05) is 50.3 Å². The van der Waals surface area contributed by atoms with E-state index in [0.29, 0.717) is 50.6 Å². The number of halogens is 4. The molecule has 0 aromatic carbocycles. The Kier molecular flexibility index (Phi) is 9.88. The second-order valence-electron chi connectivity index (χ2n) is 15.8. The molecule has 0 aromatic heterocycles. The molecular formula is C24H52F4N4O6S2Si4. The first-order valence-electron chi connectivity index (χ1n) is 15.1. The molecule has 0 spiro atoms. The van der Waals surface area contributed by atoms with Gasteiger partial charge in [0.25, 0.3) is 0 Å². The second-order valence-corrected chi connectivity index (χ2v) is 37.6. The van der Waals surface area contributed by atoms with Gasteiger partial charge in [-0.05, 0) is 0 Å². The summed E-state index contributed by atoms with van der Waals surface area (Å²) in [6.45, 7) is 12.9. The van der Waals surface area contributed by atoms with Crippen LogP contribution in [-0.2, 0) is 28.9 Å². The zero-order valence-corrected chi connectivity index (χ0v) is 33.4. The van der Waals surface area contributed by atoms with Crippen molar-refractivity contribution >= 4 is 64.5 Å². The van der Waals surface area contributed by atoms with Gasteiger partial charge in [0.1, 0.15) is 0 Å². The average molecular weight is 745 g/mol. The van der Waals surface area contributed by atoms with E-state index in [1.54, 1.807) is 35.3 Å². The molecule has 0 saturated carbocycles. The first-order chi connectivity index (χ1) is 19.3. The van der Waals surface area contributed by atoms with Gasteiger partial charge in [-0.3, -0.25) is 0 Å². The maximum atomic E-state index is 15.0. The summed E-state index contributed by atoms with van der Waals surface area (Å²) in [5.41, 5.74) is 0. The molecule has 0 radical (unpaired) electrons. The van der Waals surface area contributed by atoms with Crippen molar-refractivity contribution in [3.63, 3.8) is 0 Å². The molecule has 4 heterocycles. The Balaban J connectivity index is 0.000000240. The van der Waals surface area contributed by atoms with Crippen LogP contribution >= 0.6 is 0 Å². The molecule has 4 rings (SSSR count). The van der Waals surface area contributed by atoms with Crippen molar-refractivity contribution in [1.82, 2.24) is 8.61 Å². The Labute approximate surface area is 264 Å². The Morgan fingerprint density at radius 1 is 0.727 bits per heavy atom. The summed E-state index contributed by atoms with van der Waals surface area (Å²) in [6, 6.07) is -1.01. The molecule has 0 amide bonds. The summed E-state index contributed by atoms with van der Waals surface area (Å²) in [5.74, 6) is 0.643. The quantitative estimate of drug-likeness (QED) is 0.164. The zero-order valence-electron chi connectivity index (χ0n) is 27.8. The van der Waals surface area contributed by atoms with E-state index < -0.39 is 64.8 Å². The van der Waals surface area contributed by atoms with E-state index in [-0.39, 0.29) is 24.7 Å². The third-order valence-corrected chi connectivity index (χ3v) is 16.7. The molecule has 0 aromatic rings. The predicted molar refractivity (Wildman–Crippen MR) is 176 cm³/mol. The summed E-state index contributed by atoms with van der Waals surface area (Å²) in [7, 11) is -21.0. The monoisotopic (exact) mass is 744 g/mol. The molecule has 260 valence electrons. The topological polar surface area (TPSA) is 99.2 Å². The van der Waals surface area contributed by atoms with Crippen molar-refractivity contribution in [3.8, 4) is 0 Å². The van der Waals surface area contributed by atoms with Crippen LogP contribution in [0.15, 0.2) is 0 Å². The van der Waals surface area contributed by atoms with Crippen LogP contribution in [0.5, 0.6) is 0 Å². The number of hydrogen-bond acceptors (Lipinski definition) is 6. The van der Waals surface area contributed by atoms with E-state index in [4.69, 9.17) is 8.85 Å². The molecule has 2 fully saturated rings. The van der Waals surface area contributed by atoms with Gasteiger partial charge in [-0.15, -0.1) is 0 Å². The van der Waals surface area contributed by atoms with Crippen LogP contribution < -0.4 is 0 Å². The van der Waals surface area contributed by atoms with Crippen LogP contribution in [0.25, 0.3) is 0 Å². The summed E-state index contributed by atoms with van der Waals surface area (Å²) in [6.07, 6.45) is 5.25. The van der Waals surface area contributed by atoms with E-state index in [1.807, 2.05) is 0 Å². The minimum absolute atomic E-state index is 0.0593. The Morgan fingerprint density at radius 3 is 1.27 bits per heavy atom. The molecular weight excluding hydrogens is 693 g/mol. The van der Waals surface area contributed by atoms with Crippen molar-refractivity contribution < 1.29 is 51.3 Å². The van der Waals surface area contributed by atoms with Gasteiger partial charge in [-0.1, -0.05) is 0 Å². The first-order valence-corrected chi connectivity index (χ1v) is 31.9. The molecule has 0 aliphatic carbocycles. The SMILES string of the molecule is C[Si](C)(F)C[N+]1=C([C@@H]2CCCN2S(C)(=O)=O)O[Si-](C)(C)(F)C1.C[Si](C)(F)C[N+]1=C([C@@H]2CCCN2S(C)(=O)=O)O[Si-](C)(C)(F)C1. The summed E-state index contributed by atoms with van der Waals surface area (Å²) >= 11 is 0. The van der Waals surface area contributed by atoms with Gasteiger partial charge in [0.15, 0.2) is 0 Å². The molecule has 2 atom stereocenters. The van der Waals surface area contributed by atoms with Crippen molar-refractivity contribution in [2.24, 2.45) is 0 Å². The fraction of sp³-hybridized carbons (Fsp3) is 0.917. The molecule has 0 N–H and O–H groups in total. The molecule has 4 aliphatic heterocycles. The summed E-state index contributed by atoms with van der Waals surface area (Å²) in [4.78, 5) is 0. The standard InChI is InChI=1S/2C12H26F2N2O3SSi2/c2*1-20(17,18)16-8-6-7-11(16)12-15(9-21(2,3)13)10-22(4,5,14)19-12/h2*11H,6-10H2,1-5H3/t2*11-/m00/s1. The normalized spacial score (nSPS) is 30.9. The van der Waals surface area contributed by atoms with Crippen LogP contribution in [0.1, 0.15) is 25.7 Å². The Hall–Kier alpha value is -0.652. The second kappa shape index (κ2) is 11.5. The van der Waals surface area contributed by atoms with E-state index >= 15 is 8.22 Å². The van der Waals surface area contributed by atoms with Crippen LogP contribution in [0, 0.1) is 0 Å². The summed E-state index contributed by atoms with van der Waals surface area (Å²) < 4.78 is 124. The first kappa shape index (κ1) is 37.8. The zero-order chi connectivity index (χ0) is 34.0. The van der Waals surface area contributed by atoms with Gasteiger partial charge in [0, 0.05) is 0 Å².